The third-order valence-electron chi connectivity index (χ3n) is 5.82. The van der Waals surface area contributed by atoms with Crippen molar-refractivity contribution in [3.63, 3.8) is 0 Å². The summed E-state index contributed by atoms with van der Waals surface area (Å²) in [5.41, 5.74) is 2.29. The van der Waals surface area contributed by atoms with Gasteiger partial charge >= 0.3 is 6.03 Å². The van der Waals surface area contributed by atoms with E-state index in [1.807, 2.05) is 42.5 Å². The van der Waals surface area contributed by atoms with Crippen molar-refractivity contribution in [2.24, 2.45) is 0 Å². The maximum Gasteiger partial charge on any atom is 0.330 e. The lowest BCUT2D eigenvalue weighted by molar-refractivity contribution is -0.0579. The van der Waals surface area contributed by atoms with E-state index in [9.17, 15) is 4.79 Å². The molecule has 154 valence electrons. The fraction of sp³-hybridized carbons (Fsp3) is 0.167. The number of carbonyl (C=O) groups excluding carboxylic acids is 1. The average Bonchev–Trinajstić information content (AvgIpc) is 3.04. The minimum atomic E-state index is -0.606. The quantitative estimate of drug-likeness (QED) is 0.427. The van der Waals surface area contributed by atoms with Crippen molar-refractivity contribution in [1.82, 2.24) is 0 Å². The second-order valence-corrected chi connectivity index (χ2v) is 8.52. The minimum absolute atomic E-state index is 0.161. The molecule has 2 heterocycles. The summed E-state index contributed by atoms with van der Waals surface area (Å²) in [4.78, 5) is 21.0. The molecular formula is C24H17Cl2N3O2. The van der Waals surface area contributed by atoms with Gasteiger partial charge in [0.05, 0.1) is 25.8 Å². The van der Waals surface area contributed by atoms with Crippen LogP contribution in [0.15, 0.2) is 72.8 Å². The normalized spacial score (nSPS) is 19.4. The number of halogens is 2. The fourth-order valence-corrected chi connectivity index (χ4v) is 4.66. The lowest BCUT2D eigenvalue weighted by Gasteiger charge is -2.47. The van der Waals surface area contributed by atoms with Gasteiger partial charge in [0.2, 0.25) is 0 Å². The van der Waals surface area contributed by atoms with Crippen LogP contribution in [0.2, 0.25) is 10.0 Å². The largest absolute Gasteiger partial charge is 0.376 e. The molecule has 0 unspecified atom stereocenters. The maximum atomic E-state index is 13.9. The van der Waals surface area contributed by atoms with Crippen LogP contribution in [0.4, 0.5) is 21.9 Å². The molecule has 2 saturated heterocycles. The molecule has 7 heteroatoms. The summed E-state index contributed by atoms with van der Waals surface area (Å²) < 4.78 is 5.67. The van der Waals surface area contributed by atoms with E-state index in [1.54, 1.807) is 40.1 Å². The second-order valence-electron chi connectivity index (χ2n) is 7.65. The van der Waals surface area contributed by atoms with Crippen molar-refractivity contribution in [1.29, 1.82) is 0 Å². The molecule has 0 bridgehead atoms. The van der Waals surface area contributed by atoms with Crippen LogP contribution in [0.25, 0.3) is 4.85 Å². The van der Waals surface area contributed by atoms with Gasteiger partial charge in [-0.1, -0.05) is 47.5 Å². The van der Waals surface area contributed by atoms with Crippen LogP contribution in [-0.4, -0.2) is 24.8 Å². The van der Waals surface area contributed by atoms with Gasteiger partial charge in [0.15, 0.2) is 5.69 Å². The number of ether oxygens (including phenoxy) is 1. The molecular weight excluding hydrogens is 433 g/mol. The molecule has 31 heavy (non-hydrogen) atoms. The zero-order valence-corrected chi connectivity index (χ0v) is 17.8. The molecule has 5 nitrogen and oxygen atoms in total. The van der Waals surface area contributed by atoms with Crippen molar-refractivity contribution in [2.75, 3.05) is 23.0 Å². The highest BCUT2D eigenvalue weighted by Crippen LogP contribution is 2.51. The first-order valence-electron chi connectivity index (χ1n) is 9.73. The molecule has 2 aliphatic rings. The predicted octanol–water partition coefficient (Wildman–Crippen LogP) is 6.50. The third-order valence-corrected chi connectivity index (χ3v) is 6.32. The van der Waals surface area contributed by atoms with Gasteiger partial charge in [-0.15, -0.1) is 0 Å². The number of carbonyl (C=O) groups is 1. The Morgan fingerprint density at radius 1 is 0.935 bits per heavy atom. The van der Waals surface area contributed by atoms with Crippen LogP contribution in [0, 0.1) is 6.57 Å². The summed E-state index contributed by atoms with van der Waals surface area (Å²) in [5.74, 6) is 0. The number of hydrogen-bond donors (Lipinski definition) is 0. The van der Waals surface area contributed by atoms with Crippen LogP contribution in [0.5, 0.6) is 0 Å². The Balaban J connectivity index is 1.71. The molecule has 0 saturated carbocycles. The highest BCUT2D eigenvalue weighted by atomic mass is 35.5. The van der Waals surface area contributed by atoms with Gasteiger partial charge in [0.25, 0.3) is 0 Å². The van der Waals surface area contributed by atoms with Gasteiger partial charge in [-0.25, -0.2) is 9.64 Å². The predicted molar refractivity (Wildman–Crippen MR) is 122 cm³/mol. The Labute approximate surface area is 190 Å². The molecule has 0 aromatic heterocycles. The van der Waals surface area contributed by atoms with Gasteiger partial charge in [0, 0.05) is 21.4 Å². The Morgan fingerprint density at radius 3 is 2.10 bits per heavy atom. The highest BCUT2D eigenvalue weighted by Gasteiger charge is 2.62. The Hall–Kier alpha value is -3.04. The monoisotopic (exact) mass is 449 g/mol. The first-order chi connectivity index (χ1) is 15.0. The molecule has 0 aliphatic carbocycles. The summed E-state index contributed by atoms with van der Waals surface area (Å²) >= 11 is 12.2. The van der Waals surface area contributed by atoms with Crippen LogP contribution in [-0.2, 0) is 4.74 Å². The summed E-state index contributed by atoms with van der Waals surface area (Å²) in [6.07, 6.45) is 0. The lowest BCUT2D eigenvalue weighted by atomic mass is 9.82. The van der Waals surface area contributed by atoms with Crippen molar-refractivity contribution in [3.8, 4) is 0 Å². The van der Waals surface area contributed by atoms with Crippen LogP contribution < -0.4 is 9.80 Å². The number of hydrogen-bond acceptors (Lipinski definition) is 2. The first kappa shape index (κ1) is 19.9. The van der Waals surface area contributed by atoms with Gasteiger partial charge in [-0.3, -0.25) is 9.80 Å². The second kappa shape index (κ2) is 7.58. The zero-order chi connectivity index (χ0) is 21.6. The van der Waals surface area contributed by atoms with E-state index in [4.69, 9.17) is 34.5 Å². The topological polar surface area (TPSA) is 37.1 Å². The van der Waals surface area contributed by atoms with Gasteiger partial charge in [0.1, 0.15) is 5.54 Å². The van der Waals surface area contributed by atoms with E-state index < -0.39 is 5.54 Å². The Morgan fingerprint density at radius 2 is 1.55 bits per heavy atom. The molecule has 1 atom stereocenters. The summed E-state index contributed by atoms with van der Waals surface area (Å²) in [7, 11) is 0. The van der Waals surface area contributed by atoms with Crippen LogP contribution >= 0.6 is 23.2 Å². The molecule has 0 N–H and O–H groups in total. The smallest absolute Gasteiger partial charge is 0.330 e. The average molecular weight is 450 g/mol. The summed E-state index contributed by atoms with van der Waals surface area (Å²) in [6, 6.07) is 21.4. The van der Waals surface area contributed by atoms with E-state index in [-0.39, 0.29) is 12.1 Å². The molecule has 1 spiro atoms. The third kappa shape index (κ3) is 3.16. The van der Waals surface area contributed by atoms with Crippen molar-refractivity contribution < 1.29 is 9.53 Å². The first-order valence-corrected chi connectivity index (χ1v) is 10.5. The molecule has 2 fully saturated rings. The van der Waals surface area contributed by atoms with Gasteiger partial charge in [-0.2, -0.15) is 0 Å². The van der Waals surface area contributed by atoms with Crippen molar-refractivity contribution in [2.45, 2.75) is 11.6 Å². The van der Waals surface area contributed by atoms with Crippen molar-refractivity contribution >= 4 is 46.3 Å². The van der Waals surface area contributed by atoms with Crippen LogP contribution in [0.1, 0.15) is 11.6 Å². The van der Waals surface area contributed by atoms with E-state index in [1.165, 1.54) is 0 Å². The minimum Gasteiger partial charge on any atom is -0.376 e. The number of urea groups is 1. The van der Waals surface area contributed by atoms with Crippen LogP contribution in [0.3, 0.4) is 0 Å². The number of nitrogens with zero attached hydrogens (tertiary/aromatic N) is 3. The van der Waals surface area contributed by atoms with Gasteiger partial charge in [-0.05, 0) is 54.1 Å². The van der Waals surface area contributed by atoms with E-state index in [0.717, 1.165) is 16.9 Å². The molecule has 2 aliphatic heterocycles. The SMILES string of the molecule is [C-]#[N+]c1cccc([C@H]2N(c3ccc(Cl)cc3)C(=O)N(c3ccc(Cl)cc3)C23COC3)c1. The highest BCUT2D eigenvalue weighted by molar-refractivity contribution is 6.31. The summed E-state index contributed by atoms with van der Waals surface area (Å²) in [6.45, 7) is 8.20. The number of rotatable bonds is 3. The molecule has 3 aromatic carbocycles. The lowest BCUT2D eigenvalue weighted by Crippen LogP contribution is -2.62. The maximum absolute atomic E-state index is 13.9. The number of anilines is 2. The number of benzene rings is 3. The van der Waals surface area contributed by atoms with E-state index >= 15 is 0 Å². The number of amides is 2. The standard InChI is InChI=1S/C24H17Cl2N3O2/c1-27-19-4-2-3-16(13-19)22-24(14-31-15-24)29(21-11-7-18(26)8-12-21)23(30)28(22)20-9-5-17(25)6-10-20/h2-13,22H,14-15H2/t22-/m1/s1. The van der Waals surface area contributed by atoms with E-state index in [0.29, 0.717) is 28.9 Å². The fourth-order valence-electron chi connectivity index (χ4n) is 4.41. The summed E-state index contributed by atoms with van der Waals surface area (Å²) in [5, 5.41) is 1.20. The Kier molecular flexibility index (Phi) is 4.86. The zero-order valence-electron chi connectivity index (χ0n) is 16.3. The Bertz CT molecular complexity index is 1180. The molecule has 5 rings (SSSR count). The van der Waals surface area contributed by atoms with Gasteiger partial charge < -0.3 is 4.74 Å². The molecule has 3 aromatic rings. The molecule has 0 radical (unpaired) electrons. The van der Waals surface area contributed by atoms with Crippen molar-refractivity contribution in [3.05, 3.63) is 99.8 Å². The van der Waals surface area contributed by atoms with E-state index in [2.05, 4.69) is 4.85 Å². The molecule has 2 amide bonds.